The molecule has 0 aromatic carbocycles. The Labute approximate surface area is 208 Å². The number of fused-ring (bicyclic) bond motifs is 5. The van der Waals surface area contributed by atoms with E-state index in [9.17, 15) is 9.59 Å². The Hall–Kier alpha value is -1.62. The zero-order valence-electron chi connectivity index (χ0n) is 21.1. The Kier molecular flexibility index (Phi) is 6.46. The van der Waals surface area contributed by atoms with E-state index in [2.05, 4.69) is 31.8 Å². The summed E-state index contributed by atoms with van der Waals surface area (Å²) in [6.45, 7) is 8.53. The second kappa shape index (κ2) is 9.11. The summed E-state index contributed by atoms with van der Waals surface area (Å²) in [5, 5.41) is 0.473. The smallest absolute Gasteiger partial charge is 0.302 e. The number of aromatic nitrogens is 1. The van der Waals surface area contributed by atoms with Gasteiger partial charge in [-0.15, -0.1) is 0 Å². The number of nitrogens with zero attached hydrogens (tertiary/aromatic N) is 1. The lowest BCUT2D eigenvalue weighted by atomic mass is 9.47. The number of carbonyl (C=O) groups is 2. The van der Waals surface area contributed by atoms with Gasteiger partial charge in [-0.3, -0.25) is 14.6 Å². The van der Waals surface area contributed by atoms with Gasteiger partial charge in [-0.2, -0.15) is 0 Å². The Morgan fingerprint density at radius 3 is 2.68 bits per heavy atom. The quantitative estimate of drug-likeness (QED) is 0.345. The van der Waals surface area contributed by atoms with Gasteiger partial charge in [0.2, 0.25) is 0 Å². The summed E-state index contributed by atoms with van der Waals surface area (Å²) in [4.78, 5) is 29.5. The zero-order valence-corrected chi connectivity index (χ0v) is 21.9. The molecule has 0 saturated heterocycles. The minimum absolute atomic E-state index is 0.0498. The van der Waals surface area contributed by atoms with Crippen molar-refractivity contribution in [2.75, 3.05) is 0 Å². The molecule has 5 rings (SSSR count). The third-order valence-corrected chi connectivity index (χ3v) is 11.2. The van der Waals surface area contributed by atoms with Crippen LogP contribution >= 0.6 is 11.8 Å². The predicted octanol–water partition coefficient (Wildman–Crippen LogP) is 6.91. The number of allylic oxidation sites excluding steroid dienone is 1. The molecule has 0 spiro atoms. The molecule has 3 fully saturated rings. The van der Waals surface area contributed by atoms with Crippen LogP contribution < -0.4 is 0 Å². The Morgan fingerprint density at radius 1 is 1.12 bits per heavy atom. The van der Waals surface area contributed by atoms with E-state index in [0.717, 1.165) is 44.2 Å². The topological polar surface area (TPSA) is 56.3 Å². The van der Waals surface area contributed by atoms with Crippen LogP contribution in [0.1, 0.15) is 90.0 Å². The van der Waals surface area contributed by atoms with E-state index in [0.29, 0.717) is 22.9 Å². The van der Waals surface area contributed by atoms with E-state index in [1.165, 1.54) is 37.1 Å². The summed E-state index contributed by atoms with van der Waals surface area (Å²) in [5.41, 5.74) is 2.86. The molecule has 34 heavy (non-hydrogen) atoms. The number of rotatable bonds is 4. The molecule has 0 N–H and O–H groups in total. The molecule has 0 radical (unpaired) electrons. The van der Waals surface area contributed by atoms with Crippen LogP contribution in [0, 0.1) is 34.5 Å². The first kappa shape index (κ1) is 24.1. The van der Waals surface area contributed by atoms with Crippen LogP contribution in [0.25, 0.3) is 0 Å². The molecule has 0 amide bonds. The number of hydrogen-bond acceptors (Lipinski definition) is 5. The van der Waals surface area contributed by atoms with Crippen molar-refractivity contribution in [2.45, 2.75) is 90.4 Å². The van der Waals surface area contributed by atoms with Crippen LogP contribution in [0.4, 0.5) is 0 Å². The SMILES string of the molecule is CC(=O)O[C@H]1CC[C@@]2(C)C(=CC[C@H]3[C@@H]4CC[C@H](C(=O)S[C@H](C)c5ccccn5)[C@@]4(C)CC[C@@H]32)C1. The van der Waals surface area contributed by atoms with E-state index in [1.54, 1.807) is 0 Å². The maximum Gasteiger partial charge on any atom is 0.302 e. The summed E-state index contributed by atoms with van der Waals surface area (Å²) in [7, 11) is 0. The first-order valence-corrected chi connectivity index (χ1v) is 14.1. The lowest BCUT2D eigenvalue weighted by molar-refractivity contribution is -0.148. The molecule has 184 valence electrons. The minimum atomic E-state index is -0.159. The summed E-state index contributed by atoms with van der Waals surface area (Å²) in [6.07, 6.45) is 13.1. The lowest BCUT2D eigenvalue weighted by Gasteiger charge is -2.58. The summed E-state index contributed by atoms with van der Waals surface area (Å²) in [5.74, 6) is 2.00. The third kappa shape index (κ3) is 4.06. The number of hydrogen-bond donors (Lipinski definition) is 0. The number of pyridine rings is 1. The van der Waals surface area contributed by atoms with Crippen molar-refractivity contribution < 1.29 is 14.3 Å². The van der Waals surface area contributed by atoms with Gasteiger partial charge in [-0.1, -0.05) is 43.3 Å². The molecular weight excluding hydrogens is 442 g/mol. The first-order chi connectivity index (χ1) is 16.2. The van der Waals surface area contributed by atoms with E-state index in [1.807, 2.05) is 24.4 Å². The molecule has 0 bridgehead atoms. The second-order valence-electron chi connectivity index (χ2n) is 11.7. The largest absolute Gasteiger partial charge is 0.462 e. The molecule has 1 aromatic rings. The molecule has 0 unspecified atom stereocenters. The highest BCUT2D eigenvalue weighted by atomic mass is 32.2. The average Bonchev–Trinajstić information content (AvgIpc) is 3.17. The predicted molar refractivity (Wildman–Crippen MR) is 136 cm³/mol. The van der Waals surface area contributed by atoms with Gasteiger partial charge in [0.25, 0.3) is 0 Å². The standard InChI is InChI=1S/C29H39NO3S/c1-18(26-7-5-6-16-30-26)34-27(32)25-11-10-23-22-9-8-20-17-21(33-19(2)31)12-14-28(20,3)24(22)13-15-29(23,25)4/h5-8,16,18,21-25H,9-15,17H2,1-4H3/t18-,21+,22+,23+,24+,25-,28+,29+/m1/s1. The highest BCUT2D eigenvalue weighted by Gasteiger charge is 2.60. The fraction of sp³-hybridized carbons (Fsp3) is 0.690. The monoisotopic (exact) mass is 481 g/mol. The fourth-order valence-electron chi connectivity index (χ4n) is 8.28. The van der Waals surface area contributed by atoms with Crippen LogP contribution in [0.3, 0.4) is 0 Å². The highest BCUT2D eigenvalue weighted by Crippen LogP contribution is 2.66. The second-order valence-corrected chi connectivity index (χ2v) is 13.1. The van der Waals surface area contributed by atoms with E-state index >= 15 is 0 Å². The molecule has 4 aliphatic carbocycles. The molecule has 8 atom stereocenters. The van der Waals surface area contributed by atoms with E-state index < -0.39 is 0 Å². The van der Waals surface area contributed by atoms with Crippen LogP contribution in [0.5, 0.6) is 0 Å². The molecule has 3 saturated carbocycles. The van der Waals surface area contributed by atoms with Gasteiger partial charge in [0.15, 0.2) is 5.12 Å². The zero-order chi connectivity index (χ0) is 24.1. The summed E-state index contributed by atoms with van der Waals surface area (Å²) < 4.78 is 5.59. The van der Waals surface area contributed by atoms with E-state index in [4.69, 9.17) is 4.74 Å². The van der Waals surface area contributed by atoms with Gasteiger partial charge in [-0.05, 0) is 92.6 Å². The van der Waals surface area contributed by atoms with Crippen LogP contribution in [-0.4, -0.2) is 22.2 Å². The van der Waals surface area contributed by atoms with Crippen molar-refractivity contribution in [2.24, 2.45) is 34.5 Å². The van der Waals surface area contributed by atoms with Crippen molar-refractivity contribution >= 4 is 22.8 Å². The maximum absolute atomic E-state index is 13.5. The number of esters is 1. The minimum Gasteiger partial charge on any atom is -0.462 e. The molecule has 4 aliphatic rings. The van der Waals surface area contributed by atoms with E-state index in [-0.39, 0.29) is 34.1 Å². The van der Waals surface area contributed by atoms with Gasteiger partial charge in [0, 0.05) is 25.5 Å². The van der Waals surface area contributed by atoms with Gasteiger partial charge in [0.05, 0.1) is 10.9 Å². The number of thioether (sulfide) groups is 1. The van der Waals surface area contributed by atoms with Crippen molar-refractivity contribution in [1.82, 2.24) is 4.98 Å². The Bertz CT molecular complexity index is 977. The summed E-state index contributed by atoms with van der Waals surface area (Å²) >= 11 is 1.50. The van der Waals surface area contributed by atoms with Gasteiger partial charge in [-0.25, -0.2) is 0 Å². The highest BCUT2D eigenvalue weighted by molar-refractivity contribution is 8.13. The Balaban J connectivity index is 1.31. The molecule has 0 aliphatic heterocycles. The fourth-order valence-corrected chi connectivity index (χ4v) is 9.44. The van der Waals surface area contributed by atoms with Crippen LogP contribution in [0.15, 0.2) is 36.0 Å². The van der Waals surface area contributed by atoms with Crippen molar-refractivity contribution in [3.63, 3.8) is 0 Å². The normalized spacial score (nSPS) is 39.8. The molecule has 5 heteroatoms. The first-order valence-electron chi connectivity index (χ1n) is 13.2. The van der Waals surface area contributed by atoms with Gasteiger partial charge < -0.3 is 4.74 Å². The van der Waals surface area contributed by atoms with Gasteiger partial charge in [0.1, 0.15) is 6.10 Å². The molecule has 4 nitrogen and oxygen atoms in total. The van der Waals surface area contributed by atoms with Crippen molar-refractivity contribution in [3.05, 3.63) is 41.7 Å². The van der Waals surface area contributed by atoms with Crippen LogP contribution in [0.2, 0.25) is 0 Å². The molecule has 1 heterocycles. The van der Waals surface area contributed by atoms with Crippen molar-refractivity contribution in [1.29, 1.82) is 0 Å². The van der Waals surface area contributed by atoms with Gasteiger partial charge >= 0.3 is 5.97 Å². The lowest BCUT2D eigenvalue weighted by Crippen LogP contribution is -2.51. The Morgan fingerprint density at radius 2 is 1.94 bits per heavy atom. The average molecular weight is 482 g/mol. The summed E-state index contributed by atoms with van der Waals surface area (Å²) in [6, 6.07) is 5.96. The molecular formula is C29H39NO3S. The number of ether oxygens (including phenoxy) is 1. The third-order valence-electron chi connectivity index (χ3n) is 10.1. The number of carbonyl (C=O) groups excluding carboxylic acids is 2. The maximum atomic E-state index is 13.5. The van der Waals surface area contributed by atoms with Crippen molar-refractivity contribution in [3.8, 4) is 0 Å². The molecule has 1 aromatic heterocycles. The van der Waals surface area contributed by atoms with Crippen LogP contribution in [-0.2, 0) is 14.3 Å².